The summed E-state index contributed by atoms with van der Waals surface area (Å²) in [6.07, 6.45) is 0. The highest BCUT2D eigenvalue weighted by Crippen LogP contribution is 2.22. The van der Waals surface area contributed by atoms with Gasteiger partial charge in [0.2, 0.25) is 0 Å². The van der Waals surface area contributed by atoms with Crippen LogP contribution in [0.4, 0.5) is 11.4 Å². The lowest BCUT2D eigenvalue weighted by atomic mass is 10.1. The second-order valence-electron chi connectivity index (χ2n) is 5.25. The van der Waals surface area contributed by atoms with Crippen LogP contribution in [0.25, 0.3) is 0 Å². The van der Waals surface area contributed by atoms with Gasteiger partial charge in [-0.3, -0.25) is 4.79 Å². The highest BCUT2D eigenvalue weighted by atomic mass is 16.4. The molecule has 0 aromatic heterocycles. The van der Waals surface area contributed by atoms with Crippen LogP contribution in [-0.2, 0) is 0 Å². The third-order valence-electron chi connectivity index (χ3n) is 3.27. The SMILES string of the molecule is Cc1ccc(C(=O)Nc2ccc(C(=O)O)cc2)c(N(C)C)c1. The molecule has 2 N–H and O–H groups in total. The molecule has 0 aliphatic heterocycles. The van der Waals surface area contributed by atoms with Gasteiger partial charge in [0.05, 0.1) is 11.1 Å². The number of carboxylic acids is 1. The van der Waals surface area contributed by atoms with Crippen molar-refractivity contribution in [1.82, 2.24) is 0 Å². The summed E-state index contributed by atoms with van der Waals surface area (Å²) in [7, 11) is 3.76. The Balaban J connectivity index is 2.24. The number of anilines is 2. The van der Waals surface area contributed by atoms with Gasteiger partial charge in [-0.05, 0) is 48.9 Å². The lowest BCUT2D eigenvalue weighted by Crippen LogP contribution is -2.18. The first-order chi connectivity index (χ1) is 10.4. The first-order valence-electron chi connectivity index (χ1n) is 6.81. The molecule has 0 atom stereocenters. The Hall–Kier alpha value is -2.82. The minimum atomic E-state index is -0.994. The van der Waals surface area contributed by atoms with E-state index in [2.05, 4.69) is 5.32 Å². The molecule has 0 aliphatic rings. The summed E-state index contributed by atoms with van der Waals surface area (Å²) >= 11 is 0. The molecule has 0 fully saturated rings. The van der Waals surface area contributed by atoms with E-state index in [-0.39, 0.29) is 11.5 Å². The van der Waals surface area contributed by atoms with Gasteiger partial charge in [-0.1, -0.05) is 6.07 Å². The van der Waals surface area contributed by atoms with E-state index in [1.54, 1.807) is 18.2 Å². The van der Waals surface area contributed by atoms with Gasteiger partial charge in [-0.25, -0.2) is 4.79 Å². The molecule has 1 amide bonds. The molecule has 114 valence electrons. The number of aryl methyl sites for hydroxylation is 1. The van der Waals surface area contributed by atoms with Crippen LogP contribution >= 0.6 is 0 Å². The van der Waals surface area contributed by atoms with Gasteiger partial charge < -0.3 is 15.3 Å². The Bertz CT molecular complexity index is 706. The Kier molecular flexibility index (Phi) is 4.46. The zero-order valence-electron chi connectivity index (χ0n) is 12.8. The molecular formula is C17H18N2O3. The van der Waals surface area contributed by atoms with E-state index in [1.807, 2.05) is 38.1 Å². The molecule has 5 nitrogen and oxygen atoms in total. The van der Waals surface area contributed by atoms with Crippen LogP contribution in [0.3, 0.4) is 0 Å². The number of aromatic carboxylic acids is 1. The molecule has 0 bridgehead atoms. The molecule has 5 heteroatoms. The van der Waals surface area contributed by atoms with E-state index in [4.69, 9.17) is 5.11 Å². The molecule has 0 aliphatic carbocycles. The molecule has 22 heavy (non-hydrogen) atoms. The number of nitrogens with zero attached hydrogens (tertiary/aromatic N) is 1. The topological polar surface area (TPSA) is 69.6 Å². The number of benzene rings is 2. The van der Waals surface area contributed by atoms with Gasteiger partial charge in [0.1, 0.15) is 0 Å². The summed E-state index contributed by atoms with van der Waals surface area (Å²) in [6.45, 7) is 1.97. The zero-order valence-corrected chi connectivity index (χ0v) is 12.8. The fourth-order valence-corrected chi connectivity index (χ4v) is 2.10. The molecule has 0 saturated heterocycles. The van der Waals surface area contributed by atoms with Gasteiger partial charge in [0, 0.05) is 25.5 Å². The maximum absolute atomic E-state index is 12.4. The Labute approximate surface area is 129 Å². The van der Waals surface area contributed by atoms with Gasteiger partial charge in [0.15, 0.2) is 0 Å². The van der Waals surface area contributed by atoms with Gasteiger partial charge in [-0.15, -0.1) is 0 Å². The molecule has 0 unspecified atom stereocenters. The van der Waals surface area contributed by atoms with E-state index < -0.39 is 5.97 Å². The van der Waals surface area contributed by atoms with Crippen LogP contribution in [-0.4, -0.2) is 31.1 Å². The third-order valence-corrected chi connectivity index (χ3v) is 3.27. The zero-order chi connectivity index (χ0) is 16.3. The third kappa shape index (κ3) is 3.44. The van der Waals surface area contributed by atoms with Gasteiger partial charge in [-0.2, -0.15) is 0 Å². The fourth-order valence-electron chi connectivity index (χ4n) is 2.10. The summed E-state index contributed by atoms with van der Waals surface area (Å²) in [6, 6.07) is 11.7. The van der Waals surface area contributed by atoms with Crippen molar-refractivity contribution >= 4 is 23.3 Å². The number of hydrogen-bond acceptors (Lipinski definition) is 3. The maximum atomic E-state index is 12.4. The molecule has 2 rings (SSSR count). The lowest BCUT2D eigenvalue weighted by Gasteiger charge is -2.18. The van der Waals surface area contributed by atoms with Crippen molar-refractivity contribution in [2.24, 2.45) is 0 Å². The number of rotatable bonds is 4. The molecule has 2 aromatic carbocycles. The van der Waals surface area contributed by atoms with Crippen molar-refractivity contribution in [3.8, 4) is 0 Å². The van der Waals surface area contributed by atoms with Crippen molar-refractivity contribution in [3.05, 3.63) is 59.2 Å². The van der Waals surface area contributed by atoms with Crippen LogP contribution in [0.5, 0.6) is 0 Å². The second-order valence-corrected chi connectivity index (χ2v) is 5.25. The average Bonchev–Trinajstić information content (AvgIpc) is 2.47. The molecule has 0 saturated carbocycles. The predicted octanol–water partition coefficient (Wildman–Crippen LogP) is 3.01. The summed E-state index contributed by atoms with van der Waals surface area (Å²) in [5.74, 6) is -1.22. The van der Waals surface area contributed by atoms with Crippen molar-refractivity contribution in [1.29, 1.82) is 0 Å². The first-order valence-corrected chi connectivity index (χ1v) is 6.81. The smallest absolute Gasteiger partial charge is 0.335 e. The number of carbonyl (C=O) groups excluding carboxylic acids is 1. The number of amides is 1. The molecule has 0 heterocycles. The monoisotopic (exact) mass is 298 g/mol. The average molecular weight is 298 g/mol. The Morgan fingerprint density at radius 2 is 1.68 bits per heavy atom. The van der Waals surface area contributed by atoms with Crippen LogP contribution < -0.4 is 10.2 Å². The Morgan fingerprint density at radius 3 is 2.23 bits per heavy atom. The summed E-state index contributed by atoms with van der Waals surface area (Å²) in [5, 5.41) is 11.6. The van der Waals surface area contributed by atoms with Crippen LogP contribution in [0.15, 0.2) is 42.5 Å². The second kappa shape index (κ2) is 6.30. The Morgan fingerprint density at radius 1 is 1.05 bits per heavy atom. The van der Waals surface area contributed by atoms with Crippen LogP contribution in [0, 0.1) is 6.92 Å². The maximum Gasteiger partial charge on any atom is 0.335 e. The van der Waals surface area contributed by atoms with Crippen molar-refractivity contribution in [2.45, 2.75) is 6.92 Å². The fraction of sp³-hybridized carbons (Fsp3) is 0.176. The van der Waals surface area contributed by atoms with E-state index >= 15 is 0 Å². The summed E-state index contributed by atoms with van der Waals surface area (Å²) in [5.41, 5.74) is 3.21. The van der Waals surface area contributed by atoms with Crippen LogP contribution in [0.2, 0.25) is 0 Å². The molecule has 2 aromatic rings. The largest absolute Gasteiger partial charge is 0.478 e. The summed E-state index contributed by atoms with van der Waals surface area (Å²) in [4.78, 5) is 25.1. The number of carbonyl (C=O) groups is 2. The quantitative estimate of drug-likeness (QED) is 0.910. The highest BCUT2D eigenvalue weighted by Gasteiger charge is 2.13. The van der Waals surface area contributed by atoms with Gasteiger partial charge >= 0.3 is 5.97 Å². The van der Waals surface area contributed by atoms with Gasteiger partial charge in [0.25, 0.3) is 5.91 Å². The van der Waals surface area contributed by atoms with Crippen molar-refractivity contribution < 1.29 is 14.7 Å². The van der Waals surface area contributed by atoms with E-state index in [0.717, 1.165) is 11.3 Å². The minimum Gasteiger partial charge on any atom is -0.478 e. The number of nitrogens with one attached hydrogen (secondary N) is 1. The first kappa shape index (κ1) is 15.6. The van der Waals surface area contributed by atoms with Crippen molar-refractivity contribution in [2.75, 3.05) is 24.3 Å². The molecule has 0 spiro atoms. The van der Waals surface area contributed by atoms with Crippen LogP contribution in [0.1, 0.15) is 26.3 Å². The minimum absolute atomic E-state index is 0.183. The van der Waals surface area contributed by atoms with Crippen molar-refractivity contribution in [3.63, 3.8) is 0 Å². The normalized spacial score (nSPS) is 10.1. The standard InChI is InChI=1S/C17H18N2O3/c1-11-4-9-14(15(10-11)19(2)3)16(20)18-13-7-5-12(6-8-13)17(21)22/h4-10H,1-3H3,(H,18,20)(H,21,22). The van der Waals surface area contributed by atoms with E-state index in [1.165, 1.54) is 12.1 Å². The predicted molar refractivity (Wildman–Crippen MR) is 86.9 cm³/mol. The number of hydrogen-bond donors (Lipinski definition) is 2. The lowest BCUT2D eigenvalue weighted by molar-refractivity contribution is 0.0696. The van der Waals surface area contributed by atoms with E-state index in [0.29, 0.717) is 11.3 Å². The highest BCUT2D eigenvalue weighted by molar-refractivity contribution is 6.08. The molecule has 0 radical (unpaired) electrons. The summed E-state index contributed by atoms with van der Waals surface area (Å²) < 4.78 is 0. The molecular weight excluding hydrogens is 280 g/mol. The number of carboxylic acid groups (broad SMARTS) is 1. The van der Waals surface area contributed by atoms with E-state index in [9.17, 15) is 9.59 Å².